The summed E-state index contributed by atoms with van der Waals surface area (Å²) in [6, 6.07) is 13.8. The summed E-state index contributed by atoms with van der Waals surface area (Å²) in [5.41, 5.74) is 11.5. The van der Waals surface area contributed by atoms with Gasteiger partial charge in [0, 0.05) is 23.5 Å². The van der Waals surface area contributed by atoms with E-state index in [4.69, 9.17) is 5.73 Å². The molecule has 29 heavy (non-hydrogen) atoms. The zero-order chi connectivity index (χ0) is 20.7. The molecule has 0 spiro atoms. The Labute approximate surface area is 168 Å². The number of fused-ring (bicyclic) bond motifs is 1. The zero-order valence-electron chi connectivity index (χ0n) is 17.0. The number of pyridine rings is 1. The lowest BCUT2D eigenvalue weighted by molar-refractivity contribution is 0.471. The van der Waals surface area contributed by atoms with Crippen molar-refractivity contribution in [3.05, 3.63) is 64.3 Å². The number of benzene rings is 1. The lowest BCUT2D eigenvalue weighted by atomic mass is 9.99. The first-order valence-corrected chi connectivity index (χ1v) is 9.65. The first-order valence-electron chi connectivity index (χ1n) is 9.65. The molecule has 1 aromatic carbocycles. The minimum absolute atomic E-state index is 0.130. The molecule has 0 fully saturated rings. The molecule has 7 nitrogen and oxygen atoms in total. The number of aromatic nitrogens is 5. The van der Waals surface area contributed by atoms with Crippen LogP contribution in [0.4, 0.5) is 5.95 Å². The number of rotatable bonds is 4. The molecule has 4 rings (SSSR count). The van der Waals surface area contributed by atoms with Gasteiger partial charge < -0.3 is 5.73 Å². The summed E-state index contributed by atoms with van der Waals surface area (Å²) in [4.78, 5) is 22.1. The number of hydrogen-bond acceptors (Lipinski definition) is 5. The second-order valence-electron chi connectivity index (χ2n) is 7.72. The van der Waals surface area contributed by atoms with Gasteiger partial charge >= 0.3 is 5.69 Å². The van der Waals surface area contributed by atoms with Gasteiger partial charge in [0.15, 0.2) is 5.65 Å². The molecule has 2 N–H and O–H groups in total. The van der Waals surface area contributed by atoms with Crippen molar-refractivity contribution >= 4 is 11.6 Å². The van der Waals surface area contributed by atoms with Gasteiger partial charge in [-0.25, -0.2) is 18.9 Å². The van der Waals surface area contributed by atoms with Crippen LogP contribution in [-0.4, -0.2) is 24.1 Å². The van der Waals surface area contributed by atoms with E-state index in [1.165, 1.54) is 9.08 Å². The fraction of sp³-hybridized carbons (Fsp3) is 0.273. The average Bonchev–Trinajstić information content (AvgIpc) is 2.97. The van der Waals surface area contributed by atoms with E-state index in [-0.39, 0.29) is 17.6 Å². The molecule has 0 atom stereocenters. The van der Waals surface area contributed by atoms with Crippen molar-refractivity contribution in [2.45, 2.75) is 34.2 Å². The predicted molar refractivity (Wildman–Crippen MR) is 115 cm³/mol. The first kappa shape index (κ1) is 18.9. The maximum absolute atomic E-state index is 13.0. The summed E-state index contributed by atoms with van der Waals surface area (Å²) in [6.45, 7) is 8.50. The summed E-state index contributed by atoms with van der Waals surface area (Å²) < 4.78 is 2.87. The van der Waals surface area contributed by atoms with Gasteiger partial charge in [0.1, 0.15) is 0 Å². The SMILES string of the molecule is Cc1cc(-c2c(-c3ccccc3)nc(N)n3c(=O)n(CC(C)C)nc23)cc(C)n1. The maximum Gasteiger partial charge on any atom is 0.353 e. The van der Waals surface area contributed by atoms with Crippen molar-refractivity contribution in [2.75, 3.05) is 5.73 Å². The van der Waals surface area contributed by atoms with Gasteiger partial charge in [0.05, 0.1) is 11.3 Å². The topological polar surface area (TPSA) is 91.1 Å². The highest BCUT2D eigenvalue weighted by atomic mass is 16.2. The Kier molecular flexibility index (Phi) is 4.66. The van der Waals surface area contributed by atoms with E-state index in [2.05, 4.69) is 15.1 Å². The largest absolute Gasteiger partial charge is 0.369 e. The van der Waals surface area contributed by atoms with Gasteiger partial charge in [0.25, 0.3) is 0 Å². The Bertz CT molecular complexity index is 1230. The van der Waals surface area contributed by atoms with Crippen LogP contribution in [0.15, 0.2) is 47.3 Å². The van der Waals surface area contributed by atoms with Crippen LogP contribution in [0.2, 0.25) is 0 Å². The summed E-state index contributed by atoms with van der Waals surface area (Å²) in [5, 5.41) is 4.66. The van der Waals surface area contributed by atoms with E-state index in [9.17, 15) is 4.79 Å². The molecular weight excluding hydrogens is 364 g/mol. The number of hydrogen-bond donors (Lipinski definition) is 1. The third kappa shape index (κ3) is 3.40. The molecule has 3 aromatic heterocycles. The molecule has 0 aliphatic carbocycles. The summed E-state index contributed by atoms with van der Waals surface area (Å²) in [7, 11) is 0. The maximum atomic E-state index is 13.0. The molecule has 148 valence electrons. The van der Waals surface area contributed by atoms with Crippen molar-refractivity contribution in [3.8, 4) is 22.4 Å². The Morgan fingerprint density at radius 3 is 2.28 bits per heavy atom. The molecule has 3 heterocycles. The van der Waals surface area contributed by atoms with Gasteiger partial charge in [-0.05, 0) is 37.5 Å². The van der Waals surface area contributed by atoms with E-state index in [1.807, 2.05) is 70.2 Å². The highest BCUT2D eigenvalue weighted by Crippen LogP contribution is 2.34. The molecular formula is C22H24N6O. The standard InChI is InChI=1S/C22H24N6O/c1-13(2)12-27-22(29)28-20(26-27)18(17-10-14(3)24-15(4)11-17)19(25-21(28)23)16-8-6-5-7-9-16/h5-11,13H,12H2,1-4H3,(H2,23,25). The van der Waals surface area contributed by atoms with Gasteiger partial charge in [-0.1, -0.05) is 44.2 Å². The number of nitrogens with two attached hydrogens (primary N) is 1. The van der Waals surface area contributed by atoms with Crippen molar-refractivity contribution in [1.82, 2.24) is 24.1 Å². The smallest absolute Gasteiger partial charge is 0.353 e. The van der Waals surface area contributed by atoms with Crippen molar-refractivity contribution < 1.29 is 0 Å². The Morgan fingerprint density at radius 2 is 1.66 bits per heavy atom. The number of nitrogen functional groups attached to an aromatic ring is 1. The molecule has 0 amide bonds. The third-order valence-corrected chi connectivity index (χ3v) is 4.71. The second kappa shape index (κ2) is 7.16. The van der Waals surface area contributed by atoms with Crippen molar-refractivity contribution in [3.63, 3.8) is 0 Å². The highest BCUT2D eigenvalue weighted by molar-refractivity contribution is 5.90. The predicted octanol–water partition coefficient (Wildman–Crippen LogP) is 3.48. The lowest BCUT2D eigenvalue weighted by Gasteiger charge is -2.13. The molecule has 0 radical (unpaired) electrons. The summed E-state index contributed by atoms with van der Waals surface area (Å²) in [5.74, 6) is 0.402. The van der Waals surface area contributed by atoms with E-state index < -0.39 is 0 Å². The van der Waals surface area contributed by atoms with Crippen LogP contribution in [0.25, 0.3) is 28.0 Å². The summed E-state index contributed by atoms with van der Waals surface area (Å²) >= 11 is 0. The first-order chi connectivity index (χ1) is 13.8. The van der Waals surface area contributed by atoms with E-state index in [1.54, 1.807) is 0 Å². The van der Waals surface area contributed by atoms with Gasteiger partial charge in [-0.3, -0.25) is 4.98 Å². The van der Waals surface area contributed by atoms with Crippen LogP contribution in [0.1, 0.15) is 25.2 Å². The minimum atomic E-state index is -0.276. The lowest BCUT2D eigenvalue weighted by Crippen LogP contribution is -2.24. The fourth-order valence-corrected chi connectivity index (χ4v) is 3.62. The Hall–Kier alpha value is -3.48. The number of aryl methyl sites for hydroxylation is 2. The molecule has 7 heteroatoms. The molecule has 0 saturated carbocycles. The monoisotopic (exact) mass is 388 g/mol. The molecule has 4 aromatic rings. The molecule has 0 aliphatic rings. The zero-order valence-corrected chi connectivity index (χ0v) is 17.0. The van der Waals surface area contributed by atoms with Crippen LogP contribution < -0.4 is 11.4 Å². The highest BCUT2D eigenvalue weighted by Gasteiger charge is 2.22. The van der Waals surface area contributed by atoms with Crippen LogP contribution in [0.3, 0.4) is 0 Å². The summed E-state index contributed by atoms with van der Waals surface area (Å²) in [6.07, 6.45) is 0. The molecule has 0 unspecified atom stereocenters. The number of anilines is 1. The normalized spacial score (nSPS) is 11.5. The van der Waals surface area contributed by atoms with E-state index in [0.29, 0.717) is 17.9 Å². The number of nitrogens with zero attached hydrogens (tertiary/aromatic N) is 5. The molecule has 0 bridgehead atoms. The fourth-order valence-electron chi connectivity index (χ4n) is 3.62. The Morgan fingerprint density at radius 1 is 1.00 bits per heavy atom. The van der Waals surface area contributed by atoms with E-state index in [0.717, 1.165) is 28.1 Å². The Balaban J connectivity index is 2.14. The van der Waals surface area contributed by atoms with Gasteiger partial charge in [0.2, 0.25) is 5.95 Å². The average molecular weight is 388 g/mol. The third-order valence-electron chi connectivity index (χ3n) is 4.71. The van der Waals surface area contributed by atoms with Gasteiger partial charge in [-0.15, -0.1) is 5.10 Å². The second-order valence-corrected chi connectivity index (χ2v) is 7.72. The molecule has 0 aliphatic heterocycles. The van der Waals surface area contributed by atoms with Crippen LogP contribution >= 0.6 is 0 Å². The van der Waals surface area contributed by atoms with E-state index >= 15 is 0 Å². The quantitative estimate of drug-likeness (QED) is 0.578. The van der Waals surface area contributed by atoms with Gasteiger partial charge in [-0.2, -0.15) is 0 Å². The van der Waals surface area contributed by atoms with Crippen LogP contribution in [0, 0.1) is 19.8 Å². The van der Waals surface area contributed by atoms with Crippen molar-refractivity contribution in [1.29, 1.82) is 0 Å². The van der Waals surface area contributed by atoms with Crippen molar-refractivity contribution in [2.24, 2.45) is 5.92 Å². The van der Waals surface area contributed by atoms with Crippen LogP contribution in [-0.2, 0) is 6.54 Å². The van der Waals surface area contributed by atoms with Crippen LogP contribution in [0.5, 0.6) is 0 Å². The minimum Gasteiger partial charge on any atom is -0.369 e. The molecule has 0 saturated heterocycles.